The first-order valence-corrected chi connectivity index (χ1v) is 10.7. The molecule has 4 heteroatoms. The molecule has 2 aromatic carbocycles. The molecule has 0 aromatic heterocycles. The predicted molar refractivity (Wildman–Crippen MR) is 116 cm³/mol. The van der Waals surface area contributed by atoms with Crippen LogP contribution in [0.5, 0.6) is 5.75 Å². The average Bonchev–Trinajstić information content (AvgIpc) is 2.78. The van der Waals surface area contributed by atoms with Gasteiger partial charge in [-0.3, -0.25) is 0 Å². The molecule has 2 aromatic rings. The van der Waals surface area contributed by atoms with Crippen molar-refractivity contribution in [1.82, 2.24) is 10.2 Å². The molecule has 152 valence electrons. The van der Waals surface area contributed by atoms with Gasteiger partial charge in [0, 0.05) is 12.6 Å². The Labute approximate surface area is 174 Å². The van der Waals surface area contributed by atoms with Crippen LogP contribution in [0.15, 0.2) is 42.5 Å². The van der Waals surface area contributed by atoms with Gasteiger partial charge in [-0.1, -0.05) is 18.2 Å². The van der Waals surface area contributed by atoms with Crippen LogP contribution >= 0.6 is 0 Å². The second-order valence-electron chi connectivity index (χ2n) is 8.69. The van der Waals surface area contributed by atoms with Crippen molar-refractivity contribution in [2.45, 2.75) is 38.1 Å². The molecule has 0 bridgehead atoms. The van der Waals surface area contributed by atoms with Crippen molar-refractivity contribution in [2.24, 2.45) is 5.41 Å². The van der Waals surface area contributed by atoms with E-state index in [1.807, 2.05) is 12.1 Å². The van der Waals surface area contributed by atoms with Crippen LogP contribution in [-0.2, 0) is 12.8 Å². The fourth-order valence-electron chi connectivity index (χ4n) is 5.13. The van der Waals surface area contributed by atoms with Crippen LogP contribution in [0.2, 0.25) is 0 Å². The van der Waals surface area contributed by atoms with Gasteiger partial charge in [-0.15, -0.1) is 0 Å². The number of benzene rings is 2. The predicted octanol–water partition coefficient (Wildman–Crippen LogP) is 4.10. The van der Waals surface area contributed by atoms with Crippen LogP contribution < -0.4 is 10.1 Å². The molecule has 1 aliphatic carbocycles. The lowest BCUT2D eigenvalue weighted by Crippen LogP contribution is -2.45. The molecule has 29 heavy (non-hydrogen) atoms. The van der Waals surface area contributed by atoms with Crippen LogP contribution in [0.25, 0.3) is 0 Å². The van der Waals surface area contributed by atoms with Crippen LogP contribution in [0.4, 0.5) is 0 Å². The summed E-state index contributed by atoms with van der Waals surface area (Å²) in [6.45, 7) is 3.46. The Morgan fingerprint density at radius 1 is 1.17 bits per heavy atom. The van der Waals surface area contributed by atoms with Gasteiger partial charge in [-0.2, -0.15) is 5.26 Å². The van der Waals surface area contributed by atoms with E-state index in [-0.39, 0.29) is 0 Å². The minimum Gasteiger partial charge on any atom is -0.497 e. The molecule has 1 spiro atoms. The van der Waals surface area contributed by atoms with Crippen molar-refractivity contribution in [3.05, 3.63) is 64.7 Å². The van der Waals surface area contributed by atoms with Crippen LogP contribution in [0.1, 0.15) is 47.6 Å². The summed E-state index contributed by atoms with van der Waals surface area (Å²) in [4.78, 5) is 2.61. The van der Waals surface area contributed by atoms with E-state index in [1.165, 1.54) is 55.5 Å². The van der Waals surface area contributed by atoms with Crippen molar-refractivity contribution in [3.8, 4) is 11.8 Å². The number of piperidine rings is 1. The lowest BCUT2D eigenvalue weighted by Gasteiger charge is -2.47. The van der Waals surface area contributed by atoms with Gasteiger partial charge in [-0.05, 0) is 98.6 Å². The third kappa shape index (κ3) is 4.32. The zero-order chi connectivity index (χ0) is 20.3. The summed E-state index contributed by atoms with van der Waals surface area (Å²) in [5, 5.41) is 12.5. The van der Waals surface area contributed by atoms with Crippen molar-refractivity contribution >= 4 is 0 Å². The molecule has 0 amide bonds. The first-order chi connectivity index (χ1) is 14.1. The van der Waals surface area contributed by atoms with E-state index < -0.39 is 0 Å². The van der Waals surface area contributed by atoms with E-state index in [4.69, 9.17) is 10.00 Å². The topological polar surface area (TPSA) is 48.3 Å². The fourth-order valence-corrected chi connectivity index (χ4v) is 5.13. The Kier molecular flexibility index (Phi) is 5.89. The standard InChI is InChI=1S/C25H31N3O/c1-27-24-17-25(16-21-7-8-22(29-2)15-23(21)24)10-13-28(14-11-25)12-9-19-3-5-20(18-26)6-4-19/h3-8,15,24,27H,9-14,16-17H2,1-2H3/t24-/m0/s1. The minimum atomic E-state index is 0.416. The lowest BCUT2D eigenvalue weighted by atomic mass is 9.64. The fraction of sp³-hybridized carbons (Fsp3) is 0.480. The van der Waals surface area contributed by atoms with Gasteiger partial charge in [0.1, 0.15) is 5.75 Å². The van der Waals surface area contributed by atoms with Crippen molar-refractivity contribution in [2.75, 3.05) is 33.8 Å². The van der Waals surface area contributed by atoms with Gasteiger partial charge in [-0.25, -0.2) is 0 Å². The van der Waals surface area contributed by atoms with Crippen LogP contribution in [0, 0.1) is 16.7 Å². The van der Waals surface area contributed by atoms with E-state index in [2.05, 4.69) is 53.7 Å². The van der Waals surface area contributed by atoms with Gasteiger partial charge >= 0.3 is 0 Å². The SMILES string of the molecule is CN[C@H]1CC2(CCN(CCc3ccc(C#N)cc3)CC2)Cc2ccc(OC)cc21. The first-order valence-electron chi connectivity index (χ1n) is 10.7. The summed E-state index contributed by atoms with van der Waals surface area (Å²) in [7, 11) is 3.83. The molecule has 4 rings (SSSR count). The number of rotatable bonds is 5. The van der Waals surface area contributed by atoms with Crippen LogP contribution in [0.3, 0.4) is 0 Å². The third-order valence-corrected chi connectivity index (χ3v) is 7.00. The smallest absolute Gasteiger partial charge is 0.119 e. The average molecular weight is 390 g/mol. The Balaban J connectivity index is 1.37. The maximum absolute atomic E-state index is 8.94. The molecule has 1 atom stereocenters. The Hall–Kier alpha value is -2.35. The van der Waals surface area contributed by atoms with E-state index in [0.717, 1.165) is 24.3 Å². The summed E-state index contributed by atoms with van der Waals surface area (Å²) in [5.74, 6) is 0.956. The molecule has 2 aliphatic rings. The molecule has 4 nitrogen and oxygen atoms in total. The molecule has 0 radical (unpaired) electrons. The lowest BCUT2D eigenvalue weighted by molar-refractivity contribution is 0.0783. The molecular formula is C25H31N3O. The second-order valence-corrected chi connectivity index (χ2v) is 8.69. The Morgan fingerprint density at radius 2 is 1.93 bits per heavy atom. The Bertz CT molecular complexity index is 876. The highest BCUT2D eigenvalue weighted by Crippen LogP contribution is 2.48. The number of nitrogens with one attached hydrogen (secondary N) is 1. The molecule has 1 fully saturated rings. The summed E-state index contributed by atoms with van der Waals surface area (Å²) in [6.07, 6.45) is 6.00. The molecule has 1 heterocycles. The normalized spacial score (nSPS) is 20.8. The highest BCUT2D eigenvalue weighted by molar-refractivity contribution is 5.40. The summed E-state index contributed by atoms with van der Waals surface area (Å²) in [5.41, 5.74) is 5.38. The van der Waals surface area contributed by atoms with Crippen LogP contribution in [-0.4, -0.2) is 38.7 Å². The molecule has 1 saturated heterocycles. The summed E-state index contributed by atoms with van der Waals surface area (Å²) in [6, 6.07) is 17.2. The number of hydrogen-bond donors (Lipinski definition) is 1. The highest BCUT2D eigenvalue weighted by atomic mass is 16.5. The van der Waals surface area contributed by atoms with Crippen molar-refractivity contribution in [3.63, 3.8) is 0 Å². The third-order valence-electron chi connectivity index (χ3n) is 7.00. The molecule has 0 unspecified atom stereocenters. The number of fused-ring (bicyclic) bond motifs is 1. The molecule has 0 saturated carbocycles. The summed E-state index contributed by atoms with van der Waals surface area (Å²) >= 11 is 0. The monoisotopic (exact) mass is 389 g/mol. The Morgan fingerprint density at radius 3 is 2.59 bits per heavy atom. The van der Waals surface area contributed by atoms with Crippen molar-refractivity contribution in [1.29, 1.82) is 5.26 Å². The van der Waals surface area contributed by atoms with Crippen molar-refractivity contribution < 1.29 is 4.74 Å². The number of methoxy groups -OCH3 is 1. The largest absolute Gasteiger partial charge is 0.497 e. The quantitative estimate of drug-likeness (QED) is 0.836. The highest BCUT2D eigenvalue weighted by Gasteiger charge is 2.40. The van der Waals surface area contributed by atoms with E-state index in [9.17, 15) is 0 Å². The molecular weight excluding hydrogens is 358 g/mol. The van der Waals surface area contributed by atoms with Gasteiger partial charge in [0.25, 0.3) is 0 Å². The second kappa shape index (κ2) is 8.57. The number of hydrogen-bond acceptors (Lipinski definition) is 4. The molecule has 1 N–H and O–H groups in total. The van der Waals surface area contributed by atoms with E-state index in [0.29, 0.717) is 11.5 Å². The van der Waals surface area contributed by atoms with E-state index in [1.54, 1.807) is 7.11 Å². The maximum atomic E-state index is 8.94. The van der Waals surface area contributed by atoms with E-state index >= 15 is 0 Å². The van der Waals surface area contributed by atoms with Gasteiger partial charge < -0.3 is 15.0 Å². The minimum absolute atomic E-state index is 0.416. The zero-order valence-electron chi connectivity index (χ0n) is 17.6. The van der Waals surface area contributed by atoms with Gasteiger partial charge in [0.05, 0.1) is 18.7 Å². The number of likely N-dealkylation sites (tertiary alicyclic amines) is 1. The number of ether oxygens (including phenoxy) is 1. The number of nitriles is 1. The van der Waals surface area contributed by atoms with Gasteiger partial charge in [0.2, 0.25) is 0 Å². The summed E-state index contributed by atoms with van der Waals surface area (Å²) < 4.78 is 5.45. The zero-order valence-corrected chi connectivity index (χ0v) is 17.6. The number of nitrogens with zero attached hydrogens (tertiary/aromatic N) is 2. The first kappa shape index (κ1) is 19.9. The van der Waals surface area contributed by atoms with Gasteiger partial charge in [0.15, 0.2) is 0 Å². The molecule has 1 aliphatic heterocycles. The maximum Gasteiger partial charge on any atom is 0.119 e.